The summed E-state index contributed by atoms with van der Waals surface area (Å²) in [6, 6.07) is 19.7. The molecule has 13 nitrogen and oxygen atoms in total. The van der Waals surface area contributed by atoms with Crippen LogP contribution in [0.5, 0.6) is 5.75 Å². The van der Waals surface area contributed by atoms with Gasteiger partial charge in [-0.15, -0.1) is 11.3 Å². The Bertz CT molecular complexity index is 2840. The average molecular weight is 980 g/mol. The van der Waals surface area contributed by atoms with E-state index in [0.717, 1.165) is 50.3 Å². The maximum atomic E-state index is 16.3. The van der Waals surface area contributed by atoms with Crippen LogP contribution < -0.4 is 15.4 Å². The van der Waals surface area contributed by atoms with Gasteiger partial charge in [0, 0.05) is 66.4 Å². The molecule has 370 valence electrons. The Balaban J connectivity index is 0.861. The number of likely N-dealkylation sites (tertiary alicyclic amines) is 1. The molecule has 3 aromatic heterocycles. The van der Waals surface area contributed by atoms with Crippen molar-refractivity contribution < 1.29 is 42.1 Å². The number of amides is 3. The van der Waals surface area contributed by atoms with Gasteiger partial charge in [0.05, 0.1) is 46.2 Å². The van der Waals surface area contributed by atoms with Crippen LogP contribution in [-0.2, 0) is 45.3 Å². The largest absolute Gasteiger partial charge is 0.487 e. The number of aryl methyl sites for hydroxylation is 1. The third-order valence-electron chi connectivity index (χ3n) is 12.8. The Kier molecular flexibility index (Phi) is 14.8. The second-order valence-corrected chi connectivity index (χ2v) is 20.9. The quantitative estimate of drug-likeness (QED) is 0.0749. The first kappa shape index (κ1) is 50.3. The molecule has 70 heavy (non-hydrogen) atoms. The molecule has 2 aliphatic rings. The van der Waals surface area contributed by atoms with E-state index in [-0.39, 0.29) is 56.6 Å². The fourth-order valence-electron chi connectivity index (χ4n) is 9.48. The number of β-amino-alcohol motifs (C(OH)–C–C–N with tert-alkyl or cyclic N) is 1. The number of aliphatic hydroxyl groups is 1. The third-order valence-corrected chi connectivity index (χ3v) is 13.8. The number of halogens is 3. The number of nitrogens with one attached hydrogen (secondary N) is 3. The van der Waals surface area contributed by atoms with Crippen LogP contribution in [-0.4, -0.2) is 97.2 Å². The minimum absolute atomic E-state index is 0.0439. The van der Waals surface area contributed by atoms with Crippen LogP contribution in [0.3, 0.4) is 0 Å². The zero-order valence-electron chi connectivity index (χ0n) is 40.4. The van der Waals surface area contributed by atoms with Crippen LogP contribution in [0.25, 0.3) is 21.3 Å². The third kappa shape index (κ3) is 11.4. The Morgan fingerprint density at radius 1 is 0.971 bits per heavy atom. The van der Waals surface area contributed by atoms with E-state index in [4.69, 9.17) is 9.47 Å². The summed E-state index contributed by atoms with van der Waals surface area (Å²) in [4.78, 5) is 57.4. The fraction of sp³-hybridized carbons (Fsp3) is 0.415. The van der Waals surface area contributed by atoms with Crippen molar-refractivity contribution in [1.29, 1.82) is 0 Å². The van der Waals surface area contributed by atoms with Gasteiger partial charge in [-0.05, 0) is 74.4 Å². The summed E-state index contributed by atoms with van der Waals surface area (Å²) in [5.74, 6) is -3.20. The highest BCUT2D eigenvalue weighted by atomic mass is 32.1. The number of aromatic nitrogens is 3. The van der Waals surface area contributed by atoms with Gasteiger partial charge in [-0.1, -0.05) is 69.3 Å². The SMILES string of the molecule is Cc1ncsc1-c1ccc(CNC(=O)[C@@H]2C[C@@H](O)CN2C(=O)C(NC(=O)COCc2cccc(COc3cc(F)c([C@@H]4c5[nH]c6ccccc6c5C[C@@H](C)N4CC(C)(C)F)c(F)c3)n2)C(C)(C)C)cc1. The highest BCUT2D eigenvalue weighted by molar-refractivity contribution is 7.13. The Labute approximate surface area is 409 Å². The molecule has 17 heteroatoms. The predicted octanol–water partition coefficient (Wildman–Crippen LogP) is 8.26. The molecule has 3 amide bonds. The van der Waals surface area contributed by atoms with E-state index in [1.54, 1.807) is 55.8 Å². The summed E-state index contributed by atoms with van der Waals surface area (Å²) in [6.45, 7) is 11.7. The highest BCUT2D eigenvalue weighted by Gasteiger charge is 2.45. The number of fused-ring (bicyclic) bond motifs is 3. The highest BCUT2D eigenvalue weighted by Crippen LogP contribution is 2.44. The van der Waals surface area contributed by atoms with Gasteiger partial charge in [-0.2, -0.15) is 0 Å². The Morgan fingerprint density at radius 3 is 2.34 bits per heavy atom. The second-order valence-electron chi connectivity index (χ2n) is 20.1. The summed E-state index contributed by atoms with van der Waals surface area (Å²) in [5, 5.41) is 17.3. The molecular formula is C53H60F3N7O6S. The van der Waals surface area contributed by atoms with Gasteiger partial charge < -0.3 is 35.1 Å². The molecule has 1 unspecified atom stereocenters. The first-order valence-electron chi connectivity index (χ1n) is 23.5. The summed E-state index contributed by atoms with van der Waals surface area (Å²) in [5.41, 5.74) is 5.34. The number of aromatic amines is 1. The van der Waals surface area contributed by atoms with Crippen LogP contribution in [0.15, 0.2) is 84.4 Å². The van der Waals surface area contributed by atoms with Gasteiger partial charge in [0.15, 0.2) is 0 Å². The number of H-pyrrole nitrogens is 1. The van der Waals surface area contributed by atoms with Crippen LogP contribution in [0, 0.1) is 24.0 Å². The van der Waals surface area contributed by atoms with Crippen LogP contribution >= 0.6 is 11.3 Å². The van der Waals surface area contributed by atoms with Gasteiger partial charge in [0.25, 0.3) is 0 Å². The number of para-hydroxylation sites is 1. The molecule has 6 aromatic rings. The topological polar surface area (TPSA) is 162 Å². The molecular weight excluding hydrogens is 920 g/mol. The lowest BCUT2D eigenvalue weighted by Crippen LogP contribution is -2.58. The molecule has 2 aliphatic heterocycles. The molecule has 5 heterocycles. The molecule has 1 fully saturated rings. The lowest BCUT2D eigenvalue weighted by atomic mass is 9.85. The second kappa shape index (κ2) is 20.7. The molecule has 0 spiro atoms. The maximum absolute atomic E-state index is 16.3. The van der Waals surface area contributed by atoms with Crippen molar-refractivity contribution in [2.24, 2.45) is 5.41 Å². The normalized spacial score (nSPS) is 19.0. The number of pyridine rings is 1. The van der Waals surface area contributed by atoms with E-state index in [9.17, 15) is 19.5 Å². The van der Waals surface area contributed by atoms with Gasteiger partial charge in [-0.25, -0.2) is 18.2 Å². The number of ether oxygens (including phenoxy) is 2. The van der Waals surface area contributed by atoms with Crippen molar-refractivity contribution in [3.8, 4) is 16.2 Å². The first-order valence-corrected chi connectivity index (χ1v) is 24.4. The monoisotopic (exact) mass is 979 g/mol. The number of carbonyl (C=O) groups is 3. The van der Waals surface area contributed by atoms with Crippen molar-refractivity contribution >= 4 is 40.0 Å². The van der Waals surface area contributed by atoms with E-state index < -0.39 is 71.3 Å². The molecule has 8 rings (SSSR count). The van der Waals surface area contributed by atoms with Crippen molar-refractivity contribution in [1.82, 2.24) is 35.4 Å². The summed E-state index contributed by atoms with van der Waals surface area (Å²) in [6.07, 6.45) is -0.280. The minimum atomic E-state index is -1.63. The zero-order chi connectivity index (χ0) is 50.1. The number of rotatable bonds is 16. The number of hydrogen-bond acceptors (Lipinski definition) is 10. The molecule has 1 saturated heterocycles. The molecule has 0 bridgehead atoms. The molecule has 3 aromatic carbocycles. The van der Waals surface area contributed by atoms with Gasteiger partial charge in [-0.3, -0.25) is 24.3 Å². The van der Waals surface area contributed by atoms with E-state index in [1.165, 1.54) is 18.7 Å². The molecule has 0 saturated carbocycles. The van der Waals surface area contributed by atoms with E-state index in [2.05, 4.69) is 25.6 Å². The van der Waals surface area contributed by atoms with E-state index in [0.29, 0.717) is 23.5 Å². The van der Waals surface area contributed by atoms with Crippen LogP contribution in [0.2, 0.25) is 0 Å². The Hall–Kier alpha value is -6.14. The summed E-state index contributed by atoms with van der Waals surface area (Å²) in [7, 11) is 0. The maximum Gasteiger partial charge on any atom is 0.246 e. The molecule has 0 radical (unpaired) electrons. The van der Waals surface area contributed by atoms with Crippen LogP contribution in [0.1, 0.15) is 93.5 Å². The van der Waals surface area contributed by atoms with Crippen molar-refractivity contribution in [2.75, 3.05) is 19.7 Å². The molecule has 4 N–H and O–H groups in total. The van der Waals surface area contributed by atoms with Crippen molar-refractivity contribution in [2.45, 2.75) is 117 Å². The Morgan fingerprint density at radius 2 is 1.67 bits per heavy atom. The van der Waals surface area contributed by atoms with Crippen LogP contribution in [0.4, 0.5) is 13.2 Å². The number of alkyl halides is 1. The number of nitrogens with zero attached hydrogens (tertiary/aromatic N) is 4. The first-order chi connectivity index (χ1) is 33.2. The predicted molar refractivity (Wildman–Crippen MR) is 261 cm³/mol. The molecule has 5 atom stereocenters. The van der Waals surface area contributed by atoms with Crippen molar-refractivity contribution in [3.63, 3.8) is 0 Å². The zero-order valence-corrected chi connectivity index (χ0v) is 41.3. The van der Waals surface area contributed by atoms with Gasteiger partial charge >= 0.3 is 0 Å². The average Bonchev–Trinajstić information content (AvgIpc) is 4.03. The van der Waals surface area contributed by atoms with E-state index >= 15 is 13.2 Å². The smallest absolute Gasteiger partial charge is 0.246 e. The van der Waals surface area contributed by atoms with Gasteiger partial charge in [0.2, 0.25) is 17.7 Å². The fourth-order valence-corrected chi connectivity index (χ4v) is 10.3. The minimum Gasteiger partial charge on any atom is -0.487 e. The van der Waals surface area contributed by atoms with Gasteiger partial charge in [0.1, 0.15) is 48.4 Å². The number of carbonyl (C=O) groups excluding carboxylic acids is 3. The van der Waals surface area contributed by atoms with Crippen molar-refractivity contribution in [3.05, 3.63) is 135 Å². The number of hydrogen-bond donors (Lipinski definition) is 4. The standard InChI is InChI=1S/C53H60F3N7O6S/c1-30-19-39-38-13-8-9-14-42(38)60-46(39)47(63(30)28-53(6,7)56)45-40(54)21-37(22-41(45)55)69-26-35-12-10-11-34(59-35)25-68-27-44(65)61-49(52(3,4)5)51(67)62-24-36(64)20-43(62)50(66)57-23-32-15-17-33(18-16-32)48-31(2)58-29-70-48/h8-18,21-22,29-30,36,43,47,49,60,64H,19-20,23-28H2,1-7H3,(H,57,66)(H,61,65)/t30-,36-,43+,47-,49?/m1/s1. The summed E-state index contributed by atoms with van der Waals surface area (Å²) >= 11 is 1.56. The lowest BCUT2D eigenvalue weighted by molar-refractivity contribution is -0.144. The molecule has 0 aliphatic carbocycles. The van der Waals surface area contributed by atoms with E-state index in [1.807, 2.05) is 67.3 Å². The number of aliphatic hydroxyl groups excluding tert-OH is 1. The lowest BCUT2D eigenvalue weighted by Gasteiger charge is -2.43. The number of benzene rings is 3. The number of thiazole rings is 1. The summed E-state index contributed by atoms with van der Waals surface area (Å²) < 4.78 is 59.4.